The van der Waals surface area contributed by atoms with Crippen molar-refractivity contribution < 1.29 is 0 Å². The molecule has 0 radical (unpaired) electrons. The molecule has 15 heavy (non-hydrogen) atoms. The first-order valence-electron chi connectivity index (χ1n) is 5.92. The van der Waals surface area contributed by atoms with Crippen molar-refractivity contribution >= 4 is 0 Å². The van der Waals surface area contributed by atoms with Crippen LogP contribution in [0.1, 0.15) is 19.4 Å². The van der Waals surface area contributed by atoms with Gasteiger partial charge in [-0.3, -0.25) is 4.90 Å². The molecule has 2 heteroatoms. The van der Waals surface area contributed by atoms with Crippen LogP contribution in [0.3, 0.4) is 0 Å². The predicted molar refractivity (Wildman–Crippen MR) is 65.9 cm³/mol. The van der Waals surface area contributed by atoms with E-state index in [-0.39, 0.29) is 0 Å². The summed E-state index contributed by atoms with van der Waals surface area (Å²) in [5, 5.41) is 3.36. The average Bonchev–Trinajstić information content (AvgIpc) is 2.34. The summed E-state index contributed by atoms with van der Waals surface area (Å²) in [4.78, 5) is 2.49. The predicted octanol–water partition coefficient (Wildman–Crippen LogP) is 2.12. The molecule has 1 aromatic rings. The summed E-state index contributed by atoms with van der Waals surface area (Å²) in [6.45, 7) is 9.71. The molecular formula is C13H22N2. The quantitative estimate of drug-likeness (QED) is 0.797. The molecule has 1 aromatic carbocycles. The van der Waals surface area contributed by atoms with Gasteiger partial charge in [-0.05, 0) is 5.56 Å². The van der Waals surface area contributed by atoms with E-state index in [1.54, 1.807) is 0 Å². The molecule has 0 aromatic heterocycles. The third-order valence-corrected chi connectivity index (χ3v) is 2.46. The van der Waals surface area contributed by atoms with Gasteiger partial charge in [-0.15, -0.1) is 0 Å². The zero-order valence-corrected chi connectivity index (χ0v) is 9.87. The van der Waals surface area contributed by atoms with Gasteiger partial charge in [0, 0.05) is 32.7 Å². The van der Waals surface area contributed by atoms with E-state index in [9.17, 15) is 0 Å². The number of rotatable bonds is 2. The van der Waals surface area contributed by atoms with Crippen LogP contribution >= 0.6 is 0 Å². The molecule has 0 atom stereocenters. The average molecular weight is 206 g/mol. The van der Waals surface area contributed by atoms with E-state index in [0.29, 0.717) is 0 Å². The molecule has 1 N–H and O–H groups in total. The maximum Gasteiger partial charge on any atom is 0.0234 e. The molecule has 1 aliphatic heterocycles. The third-order valence-electron chi connectivity index (χ3n) is 2.46. The third kappa shape index (κ3) is 4.45. The van der Waals surface area contributed by atoms with Gasteiger partial charge in [0.05, 0.1) is 0 Å². The highest BCUT2D eigenvalue weighted by Gasteiger charge is 2.08. The summed E-state index contributed by atoms with van der Waals surface area (Å²) in [5.74, 6) is 0. The topological polar surface area (TPSA) is 15.3 Å². The first-order chi connectivity index (χ1) is 7.45. The molecule has 0 amide bonds. The fraction of sp³-hybridized carbons (Fsp3) is 0.538. The minimum Gasteiger partial charge on any atom is -0.314 e. The van der Waals surface area contributed by atoms with Crippen LogP contribution in [0.15, 0.2) is 30.3 Å². The standard InChI is InChI=1S/C11H16N2.C2H6/c1-2-4-11(5-3-1)10-13-8-6-12-7-9-13;1-2/h1-5,12H,6-10H2;1-2H3. The highest BCUT2D eigenvalue weighted by molar-refractivity contribution is 5.14. The number of benzene rings is 1. The van der Waals surface area contributed by atoms with Gasteiger partial charge in [-0.2, -0.15) is 0 Å². The number of hydrogen-bond donors (Lipinski definition) is 1. The van der Waals surface area contributed by atoms with Crippen LogP contribution in [0.25, 0.3) is 0 Å². The number of piperazine rings is 1. The van der Waals surface area contributed by atoms with Crippen LogP contribution < -0.4 is 5.32 Å². The van der Waals surface area contributed by atoms with Gasteiger partial charge < -0.3 is 5.32 Å². The van der Waals surface area contributed by atoms with Gasteiger partial charge in [0.25, 0.3) is 0 Å². The Labute approximate surface area is 93.3 Å². The van der Waals surface area contributed by atoms with Gasteiger partial charge in [-0.1, -0.05) is 44.2 Å². The minimum absolute atomic E-state index is 1.10. The molecule has 0 spiro atoms. The number of nitrogens with zero attached hydrogens (tertiary/aromatic N) is 1. The zero-order chi connectivity index (χ0) is 10.9. The van der Waals surface area contributed by atoms with Crippen LogP contribution in [0, 0.1) is 0 Å². The van der Waals surface area contributed by atoms with Crippen molar-refractivity contribution in [1.29, 1.82) is 0 Å². The van der Waals surface area contributed by atoms with Gasteiger partial charge in [0.1, 0.15) is 0 Å². The summed E-state index contributed by atoms with van der Waals surface area (Å²) < 4.78 is 0. The fourth-order valence-electron chi connectivity index (χ4n) is 1.71. The molecule has 0 bridgehead atoms. The second-order valence-corrected chi connectivity index (χ2v) is 3.51. The Balaban J connectivity index is 0.000000531. The first-order valence-corrected chi connectivity index (χ1v) is 5.92. The van der Waals surface area contributed by atoms with Crippen molar-refractivity contribution in [2.75, 3.05) is 26.2 Å². The Hall–Kier alpha value is -0.860. The highest BCUT2D eigenvalue weighted by Crippen LogP contribution is 2.04. The van der Waals surface area contributed by atoms with Crippen LogP contribution in [-0.2, 0) is 6.54 Å². The molecule has 0 unspecified atom stereocenters. The van der Waals surface area contributed by atoms with Crippen LogP contribution in [-0.4, -0.2) is 31.1 Å². The Morgan fingerprint density at radius 3 is 2.27 bits per heavy atom. The van der Waals surface area contributed by atoms with E-state index in [4.69, 9.17) is 0 Å². The van der Waals surface area contributed by atoms with Gasteiger partial charge in [0.15, 0.2) is 0 Å². The van der Waals surface area contributed by atoms with Gasteiger partial charge in [-0.25, -0.2) is 0 Å². The summed E-state index contributed by atoms with van der Waals surface area (Å²) >= 11 is 0. The summed E-state index contributed by atoms with van der Waals surface area (Å²) in [7, 11) is 0. The zero-order valence-electron chi connectivity index (χ0n) is 9.87. The summed E-state index contributed by atoms with van der Waals surface area (Å²) in [5.41, 5.74) is 1.42. The molecular weight excluding hydrogens is 184 g/mol. The second-order valence-electron chi connectivity index (χ2n) is 3.51. The summed E-state index contributed by atoms with van der Waals surface area (Å²) in [6, 6.07) is 10.7. The fourth-order valence-corrected chi connectivity index (χ4v) is 1.71. The minimum atomic E-state index is 1.10. The lowest BCUT2D eigenvalue weighted by atomic mass is 10.2. The Morgan fingerprint density at radius 2 is 1.67 bits per heavy atom. The van der Waals surface area contributed by atoms with Crippen molar-refractivity contribution in [2.45, 2.75) is 20.4 Å². The normalized spacial score (nSPS) is 16.7. The lowest BCUT2D eigenvalue weighted by molar-refractivity contribution is 0.233. The largest absolute Gasteiger partial charge is 0.314 e. The van der Waals surface area contributed by atoms with Crippen molar-refractivity contribution in [1.82, 2.24) is 10.2 Å². The Morgan fingerprint density at radius 1 is 1.07 bits per heavy atom. The van der Waals surface area contributed by atoms with Crippen molar-refractivity contribution in [3.05, 3.63) is 35.9 Å². The van der Waals surface area contributed by atoms with E-state index in [1.807, 2.05) is 13.8 Å². The van der Waals surface area contributed by atoms with Crippen LogP contribution in [0.4, 0.5) is 0 Å². The highest BCUT2D eigenvalue weighted by atomic mass is 15.2. The van der Waals surface area contributed by atoms with Gasteiger partial charge in [0.2, 0.25) is 0 Å². The molecule has 2 nitrogen and oxygen atoms in total. The molecule has 0 aliphatic carbocycles. The molecule has 84 valence electrons. The maximum absolute atomic E-state index is 3.36. The Kier molecular flexibility index (Phi) is 6.05. The van der Waals surface area contributed by atoms with E-state index in [2.05, 4.69) is 40.5 Å². The summed E-state index contributed by atoms with van der Waals surface area (Å²) in [6.07, 6.45) is 0. The maximum atomic E-state index is 3.36. The monoisotopic (exact) mass is 206 g/mol. The van der Waals surface area contributed by atoms with E-state index >= 15 is 0 Å². The Bertz CT molecular complexity index is 240. The second kappa shape index (κ2) is 7.43. The molecule has 0 saturated carbocycles. The van der Waals surface area contributed by atoms with Crippen LogP contribution in [0.5, 0.6) is 0 Å². The molecule has 1 fully saturated rings. The van der Waals surface area contributed by atoms with Gasteiger partial charge >= 0.3 is 0 Å². The van der Waals surface area contributed by atoms with Crippen LogP contribution in [0.2, 0.25) is 0 Å². The number of nitrogens with one attached hydrogen (secondary N) is 1. The van der Waals surface area contributed by atoms with E-state index in [1.165, 1.54) is 18.7 Å². The number of hydrogen-bond acceptors (Lipinski definition) is 2. The van der Waals surface area contributed by atoms with E-state index < -0.39 is 0 Å². The molecule has 1 aliphatic rings. The first kappa shape index (κ1) is 12.2. The SMILES string of the molecule is CC.c1ccc(CN2CCNCC2)cc1. The van der Waals surface area contributed by atoms with Crippen molar-refractivity contribution in [3.8, 4) is 0 Å². The lowest BCUT2D eigenvalue weighted by Gasteiger charge is -2.27. The smallest absolute Gasteiger partial charge is 0.0234 e. The van der Waals surface area contributed by atoms with Crippen molar-refractivity contribution in [2.24, 2.45) is 0 Å². The molecule has 1 heterocycles. The van der Waals surface area contributed by atoms with E-state index in [0.717, 1.165) is 19.6 Å². The molecule has 2 rings (SSSR count). The van der Waals surface area contributed by atoms with Crippen molar-refractivity contribution in [3.63, 3.8) is 0 Å². The molecule has 1 saturated heterocycles. The lowest BCUT2D eigenvalue weighted by Crippen LogP contribution is -2.42.